The van der Waals surface area contributed by atoms with E-state index >= 15 is 0 Å². The minimum atomic E-state index is -0.589. The number of nitrogens with zero attached hydrogens (tertiary/aromatic N) is 1. The van der Waals surface area contributed by atoms with Gasteiger partial charge in [0.15, 0.2) is 0 Å². The summed E-state index contributed by atoms with van der Waals surface area (Å²) in [5.41, 5.74) is 4.22. The van der Waals surface area contributed by atoms with Crippen molar-refractivity contribution in [1.82, 2.24) is 14.9 Å². The second kappa shape index (κ2) is 9.85. The van der Waals surface area contributed by atoms with Gasteiger partial charge in [0.05, 0.1) is 24.1 Å². The molecule has 0 radical (unpaired) electrons. The molecule has 0 aliphatic carbocycles. The molecule has 188 valence electrons. The summed E-state index contributed by atoms with van der Waals surface area (Å²) in [5.74, 6) is -0.0327. The average Bonchev–Trinajstić information content (AvgIpc) is 3.27. The van der Waals surface area contributed by atoms with Crippen LogP contribution in [-0.4, -0.2) is 34.2 Å². The van der Waals surface area contributed by atoms with E-state index in [0.717, 1.165) is 27.7 Å². The second-order valence-electron chi connectivity index (χ2n) is 9.15. The van der Waals surface area contributed by atoms with E-state index in [-0.39, 0.29) is 17.2 Å². The third-order valence-electron chi connectivity index (χ3n) is 6.93. The van der Waals surface area contributed by atoms with Gasteiger partial charge in [-0.1, -0.05) is 42.5 Å². The number of carbonyl (C=O) groups is 1. The quantitative estimate of drug-likeness (QED) is 0.308. The molecule has 0 bridgehead atoms. The number of aromatic amines is 1. The number of carbonyl (C=O) groups excluding carboxylic acids is 1. The zero-order chi connectivity index (χ0) is 26.1. The zero-order valence-corrected chi connectivity index (χ0v) is 21.0. The number of nitrogens with one attached hydrogen (secondary N) is 2. The summed E-state index contributed by atoms with van der Waals surface area (Å²) in [5, 5.41) is 16.1. The van der Waals surface area contributed by atoms with Gasteiger partial charge in [-0.2, -0.15) is 0 Å². The number of para-hydroxylation sites is 2. The molecule has 7 heteroatoms. The molecule has 1 unspecified atom stereocenters. The highest BCUT2D eigenvalue weighted by atomic mass is 16.5. The fourth-order valence-corrected chi connectivity index (χ4v) is 5.14. The Bertz CT molecular complexity index is 1660. The van der Waals surface area contributed by atoms with Crippen molar-refractivity contribution < 1.29 is 14.6 Å². The molecule has 0 aliphatic rings. The highest BCUT2D eigenvalue weighted by Gasteiger charge is 2.30. The molecule has 3 aromatic carbocycles. The molecule has 37 heavy (non-hydrogen) atoms. The van der Waals surface area contributed by atoms with Crippen molar-refractivity contribution in [2.45, 2.75) is 19.3 Å². The van der Waals surface area contributed by atoms with Gasteiger partial charge < -0.3 is 24.7 Å². The molecule has 0 spiro atoms. The van der Waals surface area contributed by atoms with Crippen molar-refractivity contribution in [2.24, 2.45) is 7.05 Å². The Morgan fingerprint density at radius 3 is 2.41 bits per heavy atom. The topological polar surface area (TPSA) is 96.3 Å². The number of hydrogen-bond donors (Lipinski definition) is 3. The summed E-state index contributed by atoms with van der Waals surface area (Å²) in [4.78, 5) is 29.0. The van der Waals surface area contributed by atoms with Gasteiger partial charge in [0.25, 0.3) is 5.56 Å². The van der Waals surface area contributed by atoms with Gasteiger partial charge in [0.1, 0.15) is 11.5 Å². The minimum Gasteiger partial charge on any atom is -0.507 e. The van der Waals surface area contributed by atoms with Crippen LogP contribution >= 0.6 is 0 Å². The van der Waals surface area contributed by atoms with Gasteiger partial charge in [-0.3, -0.25) is 9.59 Å². The van der Waals surface area contributed by atoms with Crippen LogP contribution in [0.15, 0.2) is 77.6 Å². The lowest BCUT2D eigenvalue weighted by molar-refractivity contribution is -0.118. The number of ether oxygens (including phenoxy) is 1. The summed E-state index contributed by atoms with van der Waals surface area (Å²) in [7, 11) is 3.33. The molecule has 0 saturated carbocycles. The maximum atomic E-state index is 13.9. The molecule has 0 aliphatic heterocycles. The van der Waals surface area contributed by atoms with Crippen LogP contribution in [0.1, 0.15) is 35.2 Å². The van der Waals surface area contributed by atoms with E-state index in [9.17, 15) is 14.7 Å². The number of hydrogen-bond acceptors (Lipinski definition) is 4. The third-order valence-corrected chi connectivity index (χ3v) is 6.93. The van der Waals surface area contributed by atoms with Crippen LogP contribution in [0.5, 0.6) is 11.5 Å². The standard InChI is InChI=1S/C30H29N3O4/c1-18(34)31-17-16-22-21-8-4-6-10-24(21)32-28(22)26(19-12-14-20(37-3)15-13-19)27-29(35)23-9-5-7-11-25(23)33(2)30(27)36/h4-15,26,32,35H,16-17H2,1-3H3,(H,31,34). The Labute approximate surface area is 214 Å². The van der Waals surface area contributed by atoms with E-state index < -0.39 is 5.92 Å². The molecule has 0 fully saturated rings. The van der Waals surface area contributed by atoms with Crippen molar-refractivity contribution in [3.63, 3.8) is 0 Å². The van der Waals surface area contributed by atoms with Gasteiger partial charge >= 0.3 is 0 Å². The molecular formula is C30H29N3O4. The lowest BCUT2D eigenvalue weighted by Crippen LogP contribution is -2.26. The first-order chi connectivity index (χ1) is 17.9. The fourth-order valence-electron chi connectivity index (χ4n) is 5.14. The Balaban J connectivity index is 1.82. The first kappa shape index (κ1) is 24.2. The number of aromatic nitrogens is 2. The molecule has 2 aromatic heterocycles. The van der Waals surface area contributed by atoms with Gasteiger partial charge in [-0.15, -0.1) is 0 Å². The molecule has 1 atom stereocenters. The van der Waals surface area contributed by atoms with Crippen molar-refractivity contribution in [3.05, 3.63) is 106 Å². The second-order valence-corrected chi connectivity index (χ2v) is 9.15. The number of methoxy groups -OCH3 is 1. The van der Waals surface area contributed by atoms with Crippen molar-refractivity contribution in [2.75, 3.05) is 13.7 Å². The molecule has 2 heterocycles. The van der Waals surface area contributed by atoms with Gasteiger partial charge in [-0.05, 0) is 47.9 Å². The molecular weight excluding hydrogens is 466 g/mol. The normalized spacial score (nSPS) is 12.1. The molecule has 0 saturated heterocycles. The SMILES string of the molecule is COc1ccc(C(c2[nH]c3ccccc3c2CCNC(C)=O)c2c(O)c3ccccc3n(C)c2=O)cc1. The van der Waals surface area contributed by atoms with E-state index in [1.165, 1.54) is 6.92 Å². The van der Waals surface area contributed by atoms with Crippen LogP contribution in [0.4, 0.5) is 0 Å². The summed E-state index contributed by atoms with van der Waals surface area (Å²) < 4.78 is 6.95. The van der Waals surface area contributed by atoms with E-state index in [1.54, 1.807) is 18.7 Å². The fraction of sp³-hybridized carbons (Fsp3) is 0.200. The lowest BCUT2D eigenvalue weighted by Gasteiger charge is -2.22. The summed E-state index contributed by atoms with van der Waals surface area (Å²) >= 11 is 0. The number of fused-ring (bicyclic) bond motifs is 2. The lowest BCUT2D eigenvalue weighted by atomic mass is 9.85. The number of aromatic hydroxyl groups is 1. The van der Waals surface area contributed by atoms with Crippen molar-refractivity contribution in [1.29, 1.82) is 0 Å². The van der Waals surface area contributed by atoms with Gasteiger partial charge in [0.2, 0.25) is 5.91 Å². The smallest absolute Gasteiger partial charge is 0.258 e. The minimum absolute atomic E-state index is 0.0361. The molecule has 1 amide bonds. The largest absolute Gasteiger partial charge is 0.507 e. The number of benzene rings is 3. The number of pyridine rings is 1. The Morgan fingerprint density at radius 1 is 1.03 bits per heavy atom. The van der Waals surface area contributed by atoms with E-state index in [0.29, 0.717) is 35.2 Å². The molecule has 3 N–H and O–H groups in total. The van der Waals surface area contributed by atoms with Crippen LogP contribution in [0.25, 0.3) is 21.8 Å². The van der Waals surface area contributed by atoms with Crippen LogP contribution < -0.4 is 15.6 Å². The monoisotopic (exact) mass is 495 g/mol. The van der Waals surface area contributed by atoms with E-state index in [1.807, 2.05) is 72.8 Å². The van der Waals surface area contributed by atoms with Crippen LogP contribution in [0.3, 0.4) is 0 Å². The van der Waals surface area contributed by atoms with Crippen LogP contribution in [-0.2, 0) is 18.3 Å². The van der Waals surface area contributed by atoms with Crippen molar-refractivity contribution in [3.8, 4) is 11.5 Å². The van der Waals surface area contributed by atoms with Gasteiger partial charge in [0, 0.05) is 42.5 Å². The number of H-pyrrole nitrogens is 1. The predicted octanol–water partition coefficient (Wildman–Crippen LogP) is 4.59. The summed E-state index contributed by atoms with van der Waals surface area (Å²) in [6, 6.07) is 22.8. The Morgan fingerprint density at radius 2 is 1.70 bits per heavy atom. The number of rotatable bonds is 7. The molecule has 5 rings (SSSR count). The highest BCUT2D eigenvalue weighted by Crippen LogP contribution is 2.41. The zero-order valence-electron chi connectivity index (χ0n) is 21.0. The summed E-state index contributed by atoms with van der Waals surface area (Å²) in [6.07, 6.45) is 0.556. The van der Waals surface area contributed by atoms with E-state index in [4.69, 9.17) is 4.74 Å². The predicted molar refractivity (Wildman–Crippen MR) is 145 cm³/mol. The first-order valence-corrected chi connectivity index (χ1v) is 12.2. The molecule has 7 nitrogen and oxygen atoms in total. The number of aryl methyl sites for hydroxylation is 1. The Hall–Kier alpha value is -4.52. The third kappa shape index (κ3) is 4.33. The van der Waals surface area contributed by atoms with Crippen LogP contribution in [0, 0.1) is 0 Å². The average molecular weight is 496 g/mol. The van der Waals surface area contributed by atoms with Crippen LogP contribution in [0.2, 0.25) is 0 Å². The maximum Gasteiger partial charge on any atom is 0.258 e. The Kier molecular flexibility index (Phi) is 6.44. The maximum absolute atomic E-state index is 13.9. The first-order valence-electron chi connectivity index (χ1n) is 12.2. The number of amides is 1. The van der Waals surface area contributed by atoms with E-state index in [2.05, 4.69) is 10.3 Å². The summed E-state index contributed by atoms with van der Waals surface area (Å²) in [6.45, 7) is 1.94. The highest BCUT2D eigenvalue weighted by molar-refractivity contribution is 5.88. The van der Waals surface area contributed by atoms with Crippen molar-refractivity contribution >= 4 is 27.7 Å². The molecule has 5 aromatic rings. The van der Waals surface area contributed by atoms with Gasteiger partial charge in [-0.25, -0.2) is 0 Å².